The van der Waals surface area contributed by atoms with E-state index in [0.29, 0.717) is 18.5 Å². The molecule has 4 rings (SSSR count). The minimum absolute atomic E-state index is 0.0989. The monoisotopic (exact) mass is 370 g/mol. The van der Waals surface area contributed by atoms with E-state index in [1.54, 1.807) is 4.90 Å². The third kappa shape index (κ3) is 3.75. The van der Waals surface area contributed by atoms with Crippen molar-refractivity contribution in [3.63, 3.8) is 0 Å². The molecule has 3 aliphatic rings. The van der Waals surface area contributed by atoms with Gasteiger partial charge in [-0.3, -0.25) is 24.6 Å². The average Bonchev–Trinajstić information content (AvgIpc) is 2.95. The molecule has 2 saturated heterocycles. The Balaban J connectivity index is 1.52. The van der Waals surface area contributed by atoms with Gasteiger partial charge in [0.25, 0.3) is 5.91 Å². The molecule has 1 aromatic carbocycles. The molecular weight excluding hydrogens is 344 g/mol. The van der Waals surface area contributed by atoms with Crippen LogP contribution in [0.25, 0.3) is 0 Å². The van der Waals surface area contributed by atoms with E-state index in [1.807, 2.05) is 12.1 Å². The van der Waals surface area contributed by atoms with Crippen molar-refractivity contribution in [2.45, 2.75) is 44.8 Å². The maximum absolute atomic E-state index is 12.9. The Kier molecular flexibility index (Phi) is 5.22. The fourth-order valence-corrected chi connectivity index (χ4v) is 4.29. The quantitative estimate of drug-likeness (QED) is 0.763. The van der Waals surface area contributed by atoms with Gasteiger partial charge in [-0.1, -0.05) is 12.1 Å². The van der Waals surface area contributed by atoms with Gasteiger partial charge in [-0.25, -0.2) is 0 Å². The fraction of sp³-hybridized carbons (Fsp3) is 0.550. The Hall–Kier alpha value is -2.25. The number of amides is 3. The molecule has 7 nitrogen and oxygen atoms in total. The topological polar surface area (TPSA) is 81.8 Å². The minimum Gasteiger partial charge on any atom is -0.322 e. The molecule has 0 bridgehead atoms. The van der Waals surface area contributed by atoms with E-state index in [4.69, 9.17) is 0 Å². The third-order valence-electron chi connectivity index (χ3n) is 5.73. The molecule has 0 spiro atoms. The zero-order chi connectivity index (χ0) is 18.8. The molecule has 3 heterocycles. The highest BCUT2D eigenvalue weighted by atomic mass is 16.2. The van der Waals surface area contributed by atoms with Gasteiger partial charge in [0.15, 0.2) is 0 Å². The van der Waals surface area contributed by atoms with Gasteiger partial charge in [-0.2, -0.15) is 0 Å². The lowest BCUT2D eigenvalue weighted by Gasteiger charge is -2.29. The Morgan fingerprint density at radius 3 is 2.59 bits per heavy atom. The van der Waals surface area contributed by atoms with Crippen molar-refractivity contribution < 1.29 is 14.4 Å². The summed E-state index contributed by atoms with van der Waals surface area (Å²) in [5.74, 6) is -0.712. The second kappa shape index (κ2) is 7.78. The molecule has 27 heavy (non-hydrogen) atoms. The maximum Gasteiger partial charge on any atom is 0.255 e. The van der Waals surface area contributed by atoms with E-state index in [9.17, 15) is 14.4 Å². The number of hydrogen-bond acceptors (Lipinski definition) is 5. The first-order chi connectivity index (χ1) is 13.1. The second-order valence-electron chi connectivity index (χ2n) is 7.58. The van der Waals surface area contributed by atoms with Crippen LogP contribution in [0.5, 0.6) is 0 Å². The van der Waals surface area contributed by atoms with E-state index < -0.39 is 6.04 Å². The van der Waals surface area contributed by atoms with Gasteiger partial charge in [-0.05, 0) is 62.6 Å². The van der Waals surface area contributed by atoms with Crippen molar-refractivity contribution in [2.24, 2.45) is 0 Å². The molecule has 0 aliphatic carbocycles. The van der Waals surface area contributed by atoms with Crippen molar-refractivity contribution in [3.8, 4) is 0 Å². The number of fused-ring (bicyclic) bond motifs is 1. The van der Waals surface area contributed by atoms with Gasteiger partial charge in [0.1, 0.15) is 6.04 Å². The highest BCUT2D eigenvalue weighted by molar-refractivity contribution is 6.05. The molecule has 2 N–H and O–H groups in total. The molecular formula is C20H26N4O3. The van der Waals surface area contributed by atoms with Crippen LogP contribution in [0.1, 0.15) is 47.2 Å². The van der Waals surface area contributed by atoms with E-state index in [0.717, 1.165) is 51.1 Å². The molecule has 7 heteroatoms. The number of imide groups is 1. The maximum atomic E-state index is 12.9. The van der Waals surface area contributed by atoms with Crippen molar-refractivity contribution in [2.75, 3.05) is 26.2 Å². The summed E-state index contributed by atoms with van der Waals surface area (Å²) in [6.07, 6.45) is 2.93. The van der Waals surface area contributed by atoms with Gasteiger partial charge in [-0.15, -0.1) is 0 Å². The molecule has 1 atom stereocenters. The zero-order valence-corrected chi connectivity index (χ0v) is 15.5. The number of benzene rings is 1. The highest BCUT2D eigenvalue weighted by Crippen LogP contribution is 2.30. The minimum atomic E-state index is -0.553. The van der Waals surface area contributed by atoms with E-state index in [1.165, 1.54) is 5.56 Å². The molecule has 144 valence electrons. The second-order valence-corrected chi connectivity index (χ2v) is 7.58. The van der Waals surface area contributed by atoms with Gasteiger partial charge in [0.2, 0.25) is 11.8 Å². The van der Waals surface area contributed by atoms with Crippen LogP contribution in [0.4, 0.5) is 0 Å². The molecule has 0 saturated carbocycles. The lowest BCUT2D eigenvalue weighted by atomic mass is 10.0. The van der Waals surface area contributed by atoms with Crippen LogP contribution in [0.2, 0.25) is 0 Å². The van der Waals surface area contributed by atoms with E-state index in [-0.39, 0.29) is 24.1 Å². The fourth-order valence-electron chi connectivity index (χ4n) is 4.29. The summed E-state index contributed by atoms with van der Waals surface area (Å²) < 4.78 is 0. The Labute approximate surface area is 159 Å². The normalized spacial score (nSPS) is 24.4. The number of hydrogen-bond donors (Lipinski definition) is 2. The summed E-state index contributed by atoms with van der Waals surface area (Å²) in [6, 6.07) is 5.33. The molecule has 2 fully saturated rings. The third-order valence-corrected chi connectivity index (χ3v) is 5.73. The molecule has 0 radical (unpaired) electrons. The van der Waals surface area contributed by atoms with Crippen LogP contribution in [-0.2, 0) is 22.7 Å². The Morgan fingerprint density at radius 1 is 1.07 bits per heavy atom. The number of piperidine rings is 1. The first kappa shape index (κ1) is 18.1. The number of nitrogens with zero attached hydrogens (tertiary/aromatic N) is 2. The van der Waals surface area contributed by atoms with Gasteiger partial charge >= 0.3 is 0 Å². The van der Waals surface area contributed by atoms with Crippen molar-refractivity contribution in [3.05, 3.63) is 34.9 Å². The molecule has 1 unspecified atom stereocenters. The Bertz CT molecular complexity index is 756. The number of carbonyl (C=O) groups excluding carboxylic acids is 3. The lowest BCUT2D eigenvalue weighted by Crippen LogP contribution is -2.52. The molecule has 3 amide bonds. The Morgan fingerprint density at radius 2 is 1.85 bits per heavy atom. The number of nitrogens with one attached hydrogen (secondary N) is 2. The predicted molar refractivity (Wildman–Crippen MR) is 99.9 cm³/mol. The van der Waals surface area contributed by atoms with Crippen LogP contribution >= 0.6 is 0 Å². The summed E-state index contributed by atoms with van der Waals surface area (Å²) in [6.45, 7) is 5.46. The summed E-state index contributed by atoms with van der Waals surface area (Å²) in [5, 5.41) is 5.79. The smallest absolute Gasteiger partial charge is 0.255 e. The summed E-state index contributed by atoms with van der Waals surface area (Å²) >= 11 is 0. The first-order valence-corrected chi connectivity index (χ1v) is 9.82. The first-order valence-electron chi connectivity index (χ1n) is 9.82. The highest BCUT2D eigenvalue weighted by Gasteiger charge is 2.39. The van der Waals surface area contributed by atoms with Crippen LogP contribution < -0.4 is 10.6 Å². The average molecular weight is 370 g/mol. The summed E-state index contributed by atoms with van der Waals surface area (Å²) in [4.78, 5) is 40.6. The van der Waals surface area contributed by atoms with Crippen molar-refractivity contribution in [1.82, 2.24) is 20.4 Å². The van der Waals surface area contributed by atoms with Crippen molar-refractivity contribution >= 4 is 17.7 Å². The molecule has 1 aromatic rings. The largest absolute Gasteiger partial charge is 0.322 e. The summed E-state index contributed by atoms with van der Waals surface area (Å²) in [7, 11) is 0. The molecule has 3 aliphatic heterocycles. The van der Waals surface area contributed by atoms with Crippen LogP contribution in [0, 0.1) is 0 Å². The number of carbonyl (C=O) groups is 3. The van der Waals surface area contributed by atoms with E-state index >= 15 is 0 Å². The van der Waals surface area contributed by atoms with Gasteiger partial charge in [0.05, 0.1) is 0 Å². The van der Waals surface area contributed by atoms with Gasteiger partial charge < -0.3 is 10.2 Å². The van der Waals surface area contributed by atoms with E-state index in [2.05, 4.69) is 21.6 Å². The molecule has 0 aromatic heterocycles. The SMILES string of the molecule is O=C1CCC(N2Cc3c(CN4CCCNCCC4)cccc3C2=O)C(=O)N1. The van der Waals surface area contributed by atoms with Crippen molar-refractivity contribution in [1.29, 1.82) is 0 Å². The van der Waals surface area contributed by atoms with Crippen LogP contribution in [0.15, 0.2) is 18.2 Å². The summed E-state index contributed by atoms with van der Waals surface area (Å²) in [5.41, 5.74) is 2.91. The van der Waals surface area contributed by atoms with Crippen LogP contribution in [0.3, 0.4) is 0 Å². The standard InChI is InChI=1S/C20H26N4O3/c25-18-7-6-17(19(26)22-18)24-13-16-14(4-1-5-15(16)20(24)27)12-23-10-2-8-21-9-3-11-23/h1,4-5,17,21H,2-3,6-13H2,(H,22,25,26). The predicted octanol–water partition coefficient (Wildman–Crippen LogP) is 0.633. The zero-order valence-electron chi connectivity index (χ0n) is 15.5. The van der Waals surface area contributed by atoms with Gasteiger partial charge in [0, 0.05) is 25.1 Å². The lowest BCUT2D eigenvalue weighted by molar-refractivity contribution is -0.136. The number of rotatable bonds is 3. The van der Waals surface area contributed by atoms with Crippen LogP contribution in [-0.4, -0.2) is 59.7 Å².